The molecule has 0 unspecified atom stereocenters. The van der Waals surface area contributed by atoms with Crippen LogP contribution < -0.4 is 5.43 Å². The Morgan fingerprint density at radius 1 is 1.04 bits per heavy atom. The molecule has 4 rings (SSSR count). The highest BCUT2D eigenvalue weighted by molar-refractivity contribution is 6.30. The summed E-state index contributed by atoms with van der Waals surface area (Å²) >= 11 is 5.84. The third-order valence-electron chi connectivity index (χ3n) is 4.14. The number of hydrazone groups is 1. The molecule has 0 aliphatic heterocycles. The molecule has 0 spiro atoms. The number of fused-ring (bicyclic) bond motifs is 1. The Hall–Kier alpha value is -3.44. The first kappa shape index (κ1) is 17.0. The van der Waals surface area contributed by atoms with Gasteiger partial charge in [0.25, 0.3) is 5.91 Å². The average Bonchev–Trinajstić information content (AvgIpc) is 3.19. The third kappa shape index (κ3) is 3.73. The van der Waals surface area contributed by atoms with Crippen LogP contribution in [0.4, 0.5) is 0 Å². The molecular formula is C21H15ClN4O. The van der Waals surface area contributed by atoms with Crippen molar-refractivity contribution < 1.29 is 4.79 Å². The fourth-order valence-corrected chi connectivity index (χ4v) is 2.93. The molecule has 1 aromatic heterocycles. The van der Waals surface area contributed by atoms with Crippen molar-refractivity contribution in [3.05, 3.63) is 89.1 Å². The Balaban J connectivity index is 1.52. The fourth-order valence-electron chi connectivity index (χ4n) is 2.80. The van der Waals surface area contributed by atoms with Gasteiger partial charge in [-0.3, -0.25) is 9.89 Å². The minimum Gasteiger partial charge on any atom is -0.272 e. The Labute approximate surface area is 160 Å². The van der Waals surface area contributed by atoms with E-state index in [4.69, 9.17) is 11.6 Å². The minimum atomic E-state index is -0.362. The number of nitrogens with one attached hydrogen (secondary N) is 2. The van der Waals surface area contributed by atoms with Crippen LogP contribution in [0.3, 0.4) is 0 Å². The lowest BCUT2D eigenvalue weighted by Gasteiger charge is -2.02. The van der Waals surface area contributed by atoms with Gasteiger partial charge < -0.3 is 0 Å². The second kappa shape index (κ2) is 7.43. The molecule has 0 fully saturated rings. The smallest absolute Gasteiger partial charge is 0.272 e. The Kier molecular flexibility index (Phi) is 4.68. The lowest BCUT2D eigenvalue weighted by Crippen LogP contribution is -2.17. The largest absolute Gasteiger partial charge is 0.289 e. The van der Waals surface area contributed by atoms with E-state index in [0.717, 1.165) is 21.9 Å². The molecule has 0 aliphatic carbocycles. The van der Waals surface area contributed by atoms with Crippen LogP contribution in [-0.2, 0) is 0 Å². The van der Waals surface area contributed by atoms with Crippen LogP contribution in [0, 0.1) is 0 Å². The summed E-state index contributed by atoms with van der Waals surface area (Å²) in [5.74, 6) is -0.362. The first-order valence-corrected chi connectivity index (χ1v) is 8.71. The number of aromatic amines is 1. The number of carbonyl (C=O) groups excluding carboxylic acids is 1. The Bertz CT molecular complexity index is 1130. The number of benzene rings is 3. The van der Waals surface area contributed by atoms with E-state index < -0.39 is 0 Å². The number of H-pyrrole nitrogens is 1. The highest BCUT2D eigenvalue weighted by Crippen LogP contribution is 2.27. The molecular weight excluding hydrogens is 360 g/mol. The second-order valence-corrected chi connectivity index (χ2v) is 6.38. The average molecular weight is 375 g/mol. The molecule has 0 saturated carbocycles. The monoisotopic (exact) mass is 374 g/mol. The van der Waals surface area contributed by atoms with E-state index in [1.807, 2.05) is 54.6 Å². The van der Waals surface area contributed by atoms with Crippen LogP contribution in [-0.4, -0.2) is 22.3 Å². The third-order valence-corrected chi connectivity index (χ3v) is 4.39. The summed E-state index contributed by atoms with van der Waals surface area (Å²) < 4.78 is 0. The molecule has 5 nitrogen and oxygen atoms in total. The van der Waals surface area contributed by atoms with Crippen molar-refractivity contribution in [3.8, 4) is 11.3 Å². The van der Waals surface area contributed by atoms with Crippen molar-refractivity contribution in [2.24, 2.45) is 5.10 Å². The van der Waals surface area contributed by atoms with E-state index in [-0.39, 0.29) is 5.91 Å². The van der Waals surface area contributed by atoms with Crippen molar-refractivity contribution in [1.29, 1.82) is 0 Å². The number of hydrogen-bond acceptors (Lipinski definition) is 3. The molecule has 27 heavy (non-hydrogen) atoms. The summed E-state index contributed by atoms with van der Waals surface area (Å²) in [6, 6.07) is 22.9. The van der Waals surface area contributed by atoms with E-state index >= 15 is 0 Å². The number of nitrogens with zero attached hydrogens (tertiary/aromatic N) is 2. The van der Waals surface area contributed by atoms with Gasteiger partial charge in [-0.2, -0.15) is 10.2 Å². The second-order valence-electron chi connectivity index (χ2n) is 5.94. The summed E-state index contributed by atoms with van der Waals surface area (Å²) in [4.78, 5) is 12.3. The molecule has 0 saturated heterocycles. The predicted molar refractivity (Wildman–Crippen MR) is 108 cm³/mol. The van der Waals surface area contributed by atoms with Crippen LogP contribution in [0.1, 0.15) is 16.1 Å². The number of hydrogen-bond donors (Lipinski definition) is 2. The first-order valence-electron chi connectivity index (χ1n) is 8.33. The minimum absolute atomic E-state index is 0.339. The molecule has 2 N–H and O–H groups in total. The maximum atomic E-state index is 12.3. The van der Waals surface area contributed by atoms with Crippen LogP contribution in [0.15, 0.2) is 77.9 Å². The fraction of sp³-hybridized carbons (Fsp3) is 0. The van der Waals surface area contributed by atoms with Gasteiger partial charge in [0.2, 0.25) is 0 Å². The molecule has 0 radical (unpaired) electrons. The van der Waals surface area contributed by atoms with E-state index in [2.05, 4.69) is 20.7 Å². The zero-order valence-corrected chi connectivity index (χ0v) is 14.9. The summed E-state index contributed by atoms with van der Waals surface area (Å²) in [5, 5.41) is 13.9. The van der Waals surface area contributed by atoms with Crippen molar-refractivity contribution in [2.75, 3.05) is 0 Å². The Morgan fingerprint density at radius 3 is 2.67 bits per heavy atom. The highest BCUT2D eigenvalue weighted by Gasteiger charge is 2.12. The molecule has 1 amide bonds. The summed E-state index contributed by atoms with van der Waals surface area (Å²) in [6.45, 7) is 0. The lowest BCUT2D eigenvalue weighted by molar-refractivity contribution is 0.0950. The molecule has 4 aromatic rings. The van der Waals surface area contributed by atoms with Gasteiger partial charge in [-0.25, -0.2) is 5.43 Å². The SMILES string of the molecule is O=C(NN=Cc1ccc(Cl)cc1)c1cc(-c2cccc3ccccc23)n[nH]1. The van der Waals surface area contributed by atoms with Gasteiger partial charge in [0.1, 0.15) is 5.69 Å². The topological polar surface area (TPSA) is 70.1 Å². The van der Waals surface area contributed by atoms with Gasteiger partial charge in [0.15, 0.2) is 0 Å². The molecule has 3 aromatic carbocycles. The number of amides is 1. The maximum absolute atomic E-state index is 12.3. The number of halogens is 1. The molecule has 0 atom stereocenters. The predicted octanol–water partition coefficient (Wildman–Crippen LogP) is 4.65. The van der Waals surface area contributed by atoms with Crippen LogP contribution in [0.2, 0.25) is 5.02 Å². The van der Waals surface area contributed by atoms with Gasteiger partial charge in [0, 0.05) is 10.6 Å². The van der Waals surface area contributed by atoms with E-state index in [9.17, 15) is 4.79 Å². The number of carbonyl (C=O) groups is 1. The van der Waals surface area contributed by atoms with Crippen LogP contribution in [0.5, 0.6) is 0 Å². The quantitative estimate of drug-likeness (QED) is 0.403. The van der Waals surface area contributed by atoms with E-state index in [0.29, 0.717) is 16.4 Å². The zero-order chi connectivity index (χ0) is 18.6. The van der Waals surface area contributed by atoms with E-state index in [1.165, 1.54) is 0 Å². The van der Waals surface area contributed by atoms with Crippen LogP contribution >= 0.6 is 11.6 Å². The molecule has 1 heterocycles. The maximum Gasteiger partial charge on any atom is 0.289 e. The summed E-state index contributed by atoms with van der Waals surface area (Å²) in [5.41, 5.74) is 5.34. The number of rotatable bonds is 4. The molecule has 0 aliphatic rings. The van der Waals surface area contributed by atoms with Gasteiger partial charge in [-0.05, 0) is 34.5 Å². The van der Waals surface area contributed by atoms with Gasteiger partial charge in [-0.15, -0.1) is 0 Å². The lowest BCUT2D eigenvalue weighted by atomic mass is 10.0. The van der Waals surface area contributed by atoms with Gasteiger partial charge in [0.05, 0.1) is 11.9 Å². The van der Waals surface area contributed by atoms with Crippen LogP contribution in [0.25, 0.3) is 22.0 Å². The normalized spacial score (nSPS) is 11.1. The summed E-state index contributed by atoms with van der Waals surface area (Å²) in [7, 11) is 0. The molecule has 132 valence electrons. The molecule has 6 heteroatoms. The standard InChI is InChI=1S/C21H15ClN4O/c22-16-10-8-14(9-11-16)13-23-26-21(27)20-12-19(24-25-20)18-7-3-5-15-4-1-2-6-17(15)18/h1-13H,(H,24,25)(H,26,27). The van der Waals surface area contributed by atoms with Crippen molar-refractivity contribution in [3.63, 3.8) is 0 Å². The van der Waals surface area contributed by atoms with E-state index in [1.54, 1.807) is 24.4 Å². The summed E-state index contributed by atoms with van der Waals surface area (Å²) in [6.07, 6.45) is 1.55. The molecule has 0 bridgehead atoms. The number of aromatic nitrogens is 2. The first-order chi connectivity index (χ1) is 13.2. The van der Waals surface area contributed by atoms with Gasteiger partial charge in [-0.1, -0.05) is 66.2 Å². The highest BCUT2D eigenvalue weighted by atomic mass is 35.5. The van der Waals surface area contributed by atoms with Crippen molar-refractivity contribution in [2.45, 2.75) is 0 Å². The Morgan fingerprint density at radius 2 is 1.81 bits per heavy atom. The van der Waals surface area contributed by atoms with Crippen molar-refractivity contribution in [1.82, 2.24) is 15.6 Å². The van der Waals surface area contributed by atoms with Crippen molar-refractivity contribution >= 4 is 34.5 Å². The van der Waals surface area contributed by atoms with Gasteiger partial charge >= 0.3 is 0 Å². The zero-order valence-electron chi connectivity index (χ0n) is 14.2.